The number of rotatable bonds is 5. The predicted molar refractivity (Wildman–Crippen MR) is 139 cm³/mol. The van der Waals surface area contributed by atoms with E-state index in [4.69, 9.17) is 4.74 Å². The van der Waals surface area contributed by atoms with E-state index in [2.05, 4.69) is 63.0 Å². The van der Waals surface area contributed by atoms with Crippen LogP contribution in [0.15, 0.2) is 72.8 Å². The molecule has 0 spiro atoms. The fourth-order valence-electron chi connectivity index (χ4n) is 5.99. The fourth-order valence-corrected chi connectivity index (χ4v) is 8.30. The van der Waals surface area contributed by atoms with Crippen LogP contribution in [-0.4, -0.2) is 18.4 Å². The molecule has 2 bridgehead atoms. The van der Waals surface area contributed by atoms with Gasteiger partial charge in [0, 0.05) is 0 Å². The van der Waals surface area contributed by atoms with E-state index in [0.717, 1.165) is 35.1 Å². The molecule has 7 rings (SSSR count). The predicted octanol–water partition coefficient (Wildman–Crippen LogP) is 6.28. The molecule has 0 unspecified atom stereocenters. The summed E-state index contributed by atoms with van der Waals surface area (Å²) in [5, 5.41) is 0. The van der Waals surface area contributed by atoms with Gasteiger partial charge in [-0.15, -0.1) is 0 Å². The summed E-state index contributed by atoms with van der Waals surface area (Å²) in [6.07, 6.45) is 1.91. The lowest BCUT2D eigenvalue weighted by atomic mass is 9.54. The number of para-hydroxylation sites is 2. The van der Waals surface area contributed by atoms with Crippen molar-refractivity contribution in [1.82, 2.24) is 0 Å². The third-order valence-electron chi connectivity index (χ3n) is 7.45. The number of hydrogen-bond acceptors (Lipinski definition) is 3. The van der Waals surface area contributed by atoms with Gasteiger partial charge in [0.2, 0.25) is 11.8 Å². The number of unbranched alkanes of at least 4 members (excludes halogenated alkanes) is 1. The second-order valence-electron chi connectivity index (χ2n) is 9.15. The highest BCUT2D eigenvalue weighted by Crippen LogP contribution is 2.71. The van der Waals surface area contributed by atoms with Gasteiger partial charge in [-0.3, -0.25) is 9.59 Å². The second-order valence-corrected chi connectivity index (χ2v) is 11.7. The first kappa shape index (κ1) is 22.1. The van der Waals surface area contributed by atoms with Gasteiger partial charge in [-0.05, 0) is 40.8 Å². The molecule has 34 heavy (non-hydrogen) atoms. The Balaban J connectivity index is 1.55. The Morgan fingerprint density at radius 3 is 1.68 bits per heavy atom. The van der Waals surface area contributed by atoms with Crippen LogP contribution in [0.3, 0.4) is 0 Å². The van der Waals surface area contributed by atoms with Crippen LogP contribution in [0.5, 0.6) is 5.75 Å². The van der Waals surface area contributed by atoms with Crippen LogP contribution < -0.4 is 9.64 Å². The minimum Gasteiger partial charge on any atom is -0.491 e. The van der Waals surface area contributed by atoms with E-state index in [0.29, 0.717) is 18.0 Å². The molecule has 1 fully saturated rings. The second kappa shape index (κ2) is 7.79. The lowest BCUT2D eigenvalue weighted by Crippen LogP contribution is -2.56. The number of nitrogens with zero attached hydrogens (tertiary/aromatic N) is 1. The molecule has 3 aromatic rings. The van der Waals surface area contributed by atoms with Crippen LogP contribution in [0.2, 0.25) is 0 Å². The highest BCUT2D eigenvalue weighted by atomic mass is 79.9. The third-order valence-corrected chi connectivity index (χ3v) is 10.1. The molecule has 4 aliphatic rings. The number of hydrogen-bond donors (Lipinski definition) is 0. The molecule has 6 heteroatoms. The summed E-state index contributed by atoms with van der Waals surface area (Å²) < 4.78 is 4.43. The summed E-state index contributed by atoms with van der Waals surface area (Å²) in [5.74, 6) is -1.02. The maximum atomic E-state index is 14.2. The van der Waals surface area contributed by atoms with Crippen molar-refractivity contribution in [2.45, 2.75) is 28.4 Å². The van der Waals surface area contributed by atoms with Gasteiger partial charge in [0.15, 0.2) is 0 Å². The lowest BCUT2D eigenvalue weighted by Gasteiger charge is -2.55. The topological polar surface area (TPSA) is 46.6 Å². The van der Waals surface area contributed by atoms with Gasteiger partial charge < -0.3 is 4.74 Å². The highest BCUT2D eigenvalue weighted by molar-refractivity contribution is 9.10. The molecular formula is C28H23Br2NO3. The van der Waals surface area contributed by atoms with Crippen molar-refractivity contribution in [3.05, 3.63) is 95.1 Å². The van der Waals surface area contributed by atoms with Crippen molar-refractivity contribution in [2.75, 3.05) is 11.5 Å². The quantitative estimate of drug-likeness (QED) is 0.203. The Kier molecular flexibility index (Phi) is 5.05. The number of carbonyl (C=O) groups excluding carboxylic acids is 2. The zero-order valence-electron chi connectivity index (χ0n) is 18.6. The number of carbonyl (C=O) groups is 2. The molecule has 0 N–H and O–H groups in total. The number of amides is 2. The van der Waals surface area contributed by atoms with Crippen molar-refractivity contribution in [1.29, 1.82) is 0 Å². The Morgan fingerprint density at radius 2 is 1.21 bits per heavy atom. The maximum Gasteiger partial charge on any atom is 0.240 e. The first-order valence-electron chi connectivity index (χ1n) is 11.6. The summed E-state index contributed by atoms with van der Waals surface area (Å²) in [6, 6.07) is 23.6. The molecule has 1 saturated heterocycles. The molecule has 1 heterocycles. The fraction of sp³-hybridized carbons (Fsp3) is 0.286. The standard InChI is InChI=1S/C28H23Br2NO3/c1-2-3-16-34-22-15-9-8-14-21(22)31-25(32)23-24(26(31)33)28(30)18-11-5-4-10-17(18)27(23,29)19-12-6-7-13-20(19)28/h4-15,23-24H,2-3,16H2,1H3/t23-,24-,27?,28?/m1/s1. The number of halogens is 2. The number of benzene rings is 3. The lowest BCUT2D eigenvalue weighted by molar-refractivity contribution is -0.122. The van der Waals surface area contributed by atoms with E-state index in [-0.39, 0.29) is 11.8 Å². The zero-order chi connectivity index (χ0) is 23.7. The molecule has 2 atom stereocenters. The highest BCUT2D eigenvalue weighted by Gasteiger charge is 2.72. The van der Waals surface area contributed by atoms with Gasteiger partial charge in [0.05, 0.1) is 32.8 Å². The van der Waals surface area contributed by atoms with Crippen LogP contribution >= 0.6 is 31.9 Å². The number of alkyl halides is 2. The van der Waals surface area contributed by atoms with Crippen LogP contribution in [0.4, 0.5) is 5.69 Å². The molecule has 4 nitrogen and oxygen atoms in total. The zero-order valence-corrected chi connectivity index (χ0v) is 21.8. The van der Waals surface area contributed by atoms with Crippen LogP contribution in [0.25, 0.3) is 0 Å². The first-order valence-corrected chi connectivity index (χ1v) is 13.2. The van der Waals surface area contributed by atoms with E-state index in [1.807, 2.05) is 42.5 Å². The SMILES string of the molecule is CCCCOc1ccccc1N1C(=O)[C@H]2[C@H](C1=O)C1(Br)c3ccccc3C2(Br)c2ccccc21. The minimum atomic E-state index is -0.792. The molecule has 0 saturated carbocycles. The van der Waals surface area contributed by atoms with Crippen molar-refractivity contribution in [3.8, 4) is 5.75 Å². The number of ether oxygens (including phenoxy) is 1. The first-order chi connectivity index (χ1) is 16.5. The van der Waals surface area contributed by atoms with Gasteiger partial charge in [-0.25, -0.2) is 4.90 Å². The Bertz CT molecular complexity index is 1210. The van der Waals surface area contributed by atoms with Gasteiger partial charge in [-0.1, -0.05) is 106 Å². The summed E-state index contributed by atoms with van der Waals surface area (Å²) in [5.41, 5.74) is 4.64. The van der Waals surface area contributed by atoms with E-state index < -0.39 is 20.5 Å². The largest absolute Gasteiger partial charge is 0.491 e. The average Bonchev–Trinajstić information content (AvgIpc) is 3.14. The van der Waals surface area contributed by atoms with Crippen LogP contribution in [-0.2, 0) is 18.2 Å². The smallest absolute Gasteiger partial charge is 0.240 e. The maximum absolute atomic E-state index is 14.2. The molecule has 1 aliphatic heterocycles. The van der Waals surface area contributed by atoms with Gasteiger partial charge in [-0.2, -0.15) is 0 Å². The van der Waals surface area contributed by atoms with Crippen molar-refractivity contribution < 1.29 is 14.3 Å². The van der Waals surface area contributed by atoms with Crippen molar-refractivity contribution in [3.63, 3.8) is 0 Å². The molecule has 172 valence electrons. The normalized spacial score (nSPS) is 28.5. The molecule has 0 aromatic heterocycles. The Morgan fingerprint density at radius 1 is 0.765 bits per heavy atom. The summed E-state index contributed by atoms with van der Waals surface area (Å²) in [7, 11) is 0. The van der Waals surface area contributed by atoms with Crippen LogP contribution in [0, 0.1) is 11.8 Å². The van der Waals surface area contributed by atoms with Crippen molar-refractivity contribution in [2.24, 2.45) is 11.8 Å². The summed E-state index contributed by atoms with van der Waals surface area (Å²) in [4.78, 5) is 29.7. The van der Waals surface area contributed by atoms with E-state index >= 15 is 0 Å². The third kappa shape index (κ3) is 2.64. The summed E-state index contributed by atoms with van der Waals surface area (Å²) in [6.45, 7) is 2.64. The number of imide groups is 1. The number of anilines is 1. The molecule has 3 aliphatic carbocycles. The van der Waals surface area contributed by atoms with Gasteiger partial charge in [0.1, 0.15) is 5.75 Å². The molecule has 0 radical (unpaired) electrons. The molecule has 2 amide bonds. The van der Waals surface area contributed by atoms with Gasteiger partial charge >= 0.3 is 0 Å². The summed E-state index contributed by atoms with van der Waals surface area (Å²) >= 11 is 8.09. The minimum absolute atomic E-state index is 0.203. The van der Waals surface area contributed by atoms with E-state index in [1.165, 1.54) is 4.90 Å². The van der Waals surface area contributed by atoms with Crippen molar-refractivity contribution >= 4 is 49.4 Å². The monoisotopic (exact) mass is 579 g/mol. The molecule has 3 aromatic carbocycles. The van der Waals surface area contributed by atoms with E-state index in [1.54, 1.807) is 6.07 Å². The van der Waals surface area contributed by atoms with E-state index in [9.17, 15) is 9.59 Å². The molecular weight excluding hydrogens is 558 g/mol. The van der Waals surface area contributed by atoms with Gasteiger partial charge in [0.25, 0.3) is 0 Å². The van der Waals surface area contributed by atoms with Crippen LogP contribution in [0.1, 0.15) is 42.0 Å². The Hall–Kier alpha value is -2.44. The average molecular weight is 581 g/mol. The Labute approximate surface area is 215 Å².